The number of imidazole rings is 1. The lowest BCUT2D eigenvalue weighted by molar-refractivity contribution is 0.0953. The summed E-state index contributed by atoms with van der Waals surface area (Å²) in [5, 5.41) is 3.34. The van der Waals surface area contributed by atoms with Gasteiger partial charge < -0.3 is 9.88 Å². The third kappa shape index (κ3) is 4.07. The third-order valence-electron chi connectivity index (χ3n) is 5.14. The van der Waals surface area contributed by atoms with Crippen LogP contribution in [0.5, 0.6) is 0 Å². The lowest BCUT2D eigenvalue weighted by Crippen LogP contribution is -2.27. The number of nitrogens with one attached hydrogen (secondary N) is 1. The van der Waals surface area contributed by atoms with Gasteiger partial charge in [0.15, 0.2) is 0 Å². The van der Waals surface area contributed by atoms with Crippen molar-refractivity contribution in [2.24, 2.45) is 0 Å². The first-order valence-corrected chi connectivity index (χ1v) is 10.1. The van der Waals surface area contributed by atoms with Crippen LogP contribution in [0, 0.1) is 12.7 Å². The summed E-state index contributed by atoms with van der Waals surface area (Å²) in [4.78, 5) is 17.2. The fraction of sp³-hybridized carbons (Fsp3) is 0.167. The normalized spacial score (nSPS) is 11.0. The molecular formula is C24H21ClFN3O. The van der Waals surface area contributed by atoms with Crippen LogP contribution in [0.15, 0.2) is 66.7 Å². The van der Waals surface area contributed by atoms with Crippen molar-refractivity contribution in [3.8, 4) is 0 Å². The molecule has 1 N–H and O–H groups in total. The number of fused-ring (bicyclic) bond motifs is 1. The Kier molecular flexibility index (Phi) is 5.81. The van der Waals surface area contributed by atoms with Gasteiger partial charge in [-0.2, -0.15) is 0 Å². The maximum absolute atomic E-state index is 14.4. The summed E-state index contributed by atoms with van der Waals surface area (Å²) >= 11 is 6.25. The Balaban J connectivity index is 1.57. The van der Waals surface area contributed by atoms with Crippen LogP contribution >= 0.6 is 11.6 Å². The van der Waals surface area contributed by atoms with Crippen molar-refractivity contribution in [2.45, 2.75) is 19.9 Å². The Morgan fingerprint density at radius 3 is 2.63 bits per heavy atom. The molecule has 4 aromatic rings. The molecule has 0 radical (unpaired) electrons. The summed E-state index contributed by atoms with van der Waals surface area (Å²) in [5.41, 5.74) is 3.73. The number of nitrogens with zero attached hydrogens (tertiary/aromatic N) is 2. The van der Waals surface area contributed by atoms with Crippen molar-refractivity contribution < 1.29 is 9.18 Å². The maximum Gasteiger partial charge on any atom is 0.251 e. The van der Waals surface area contributed by atoms with E-state index in [4.69, 9.17) is 16.6 Å². The SMILES string of the molecule is Cc1ccccc1C(=O)NCCc1nc2ccccc2n1Cc1c(F)cccc1Cl. The number of rotatable bonds is 6. The minimum absolute atomic E-state index is 0.118. The quantitative estimate of drug-likeness (QED) is 0.467. The highest BCUT2D eigenvalue weighted by Crippen LogP contribution is 2.24. The van der Waals surface area contributed by atoms with Gasteiger partial charge in [-0.25, -0.2) is 9.37 Å². The Labute approximate surface area is 179 Å². The zero-order chi connectivity index (χ0) is 21.1. The van der Waals surface area contributed by atoms with Crippen LogP contribution in [0.4, 0.5) is 4.39 Å². The maximum atomic E-state index is 14.4. The van der Waals surface area contributed by atoms with Gasteiger partial charge in [0.05, 0.1) is 17.6 Å². The molecule has 1 aromatic heterocycles. The summed E-state index contributed by atoms with van der Waals surface area (Å²) in [6.45, 7) is 2.60. The van der Waals surface area contributed by atoms with Gasteiger partial charge >= 0.3 is 0 Å². The van der Waals surface area contributed by atoms with Crippen molar-refractivity contribution in [3.05, 3.63) is 100 Å². The number of aromatic nitrogens is 2. The van der Waals surface area contributed by atoms with E-state index < -0.39 is 0 Å². The molecule has 4 rings (SSSR count). The minimum atomic E-state index is -0.348. The van der Waals surface area contributed by atoms with Gasteiger partial charge in [0.25, 0.3) is 5.91 Å². The molecule has 0 aliphatic heterocycles. The van der Waals surface area contributed by atoms with Crippen molar-refractivity contribution in [2.75, 3.05) is 6.54 Å². The molecule has 0 fully saturated rings. The number of amides is 1. The molecule has 1 amide bonds. The van der Waals surface area contributed by atoms with Gasteiger partial charge in [0, 0.05) is 29.1 Å². The molecule has 0 aliphatic carbocycles. The van der Waals surface area contributed by atoms with E-state index in [9.17, 15) is 9.18 Å². The van der Waals surface area contributed by atoms with Gasteiger partial charge in [-0.05, 0) is 42.8 Å². The molecule has 0 bridgehead atoms. The van der Waals surface area contributed by atoms with Crippen molar-refractivity contribution in [1.82, 2.24) is 14.9 Å². The Morgan fingerprint density at radius 1 is 1.07 bits per heavy atom. The van der Waals surface area contributed by atoms with Crippen LogP contribution in [0.3, 0.4) is 0 Å². The lowest BCUT2D eigenvalue weighted by Gasteiger charge is -2.12. The summed E-state index contributed by atoms with van der Waals surface area (Å²) in [6, 6.07) is 19.9. The monoisotopic (exact) mass is 421 g/mol. The van der Waals surface area contributed by atoms with Crippen LogP contribution in [-0.4, -0.2) is 22.0 Å². The van der Waals surface area contributed by atoms with E-state index in [1.54, 1.807) is 18.2 Å². The highest BCUT2D eigenvalue weighted by molar-refractivity contribution is 6.31. The lowest BCUT2D eigenvalue weighted by atomic mass is 10.1. The number of halogens is 2. The topological polar surface area (TPSA) is 46.9 Å². The van der Waals surface area contributed by atoms with Gasteiger partial charge in [-0.15, -0.1) is 0 Å². The third-order valence-corrected chi connectivity index (χ3v) is 5.49. The van der Waals surface area contributed by atoms with E-state index in [0.29, 0.717) is 29.1 Å². The molecule has 0 atom stereocenters. The Bertz CT molecular complexity index is 1200. The first-order chi connectivity index (χ1) is 14.5. The predicted molar refractivity (Wildman–Crippen MR) is 117 cm³/mol. The number of carbonyl (C=O) groups is 1. The second-order valence-corrected chi connectivity index (χ2v) is 7.53. The molecule has 0 aliphatic rings. The van der Waals surface area contributed by atoms with Crippen molar-refractivity contribution >= 4 is 28.5 Å². The molecule has 152 valence electrons. The van der Waals surface area contributed by atoms with Crippen molar-refractivity contribution in [3.63, 3.8) is 0 Å². The van der Waals surface area contributed by atoms with E-state index >= 15 is 0 Å². The fourth-order valence-electron chi connectivity index (χ4n) is 3.54. The number of para-hydroxylation sites is 2. The smallest absolute Gasteiger partial charge is 0.251 e. The predicted octanol–water partition coefficient (Wildman–Crippen LogP) is 5.16. The summed E-state index contributed by atoms with van der Waals surface area (Å²) in [6.07, 6.45) is 0.512. The van der Waals surface area contributed by atoms with Crippen LogP contribution in [0.2, 0.25) is 5.02 Å². The molecule has 0 spiro atoms. The van der Waals surface area contributed by atoms with E-state index in [2.05, 4.69) is 5.32 Å². The van der Waals surface area contributed by atoms with Gasteiger partial charge in [-0.1, -0.05) is 48.0 Å². The number of aryl methyl sites for hydroxylation is 1. The first-order valence-electron chi connectivity index (χ1n) is 9.75. The molecule has 3 aromatic carbocycles. The average molecular weight is 422 g/mol. The van der Waals surface area contributed by atoms with Crippen LogP contribution in [0.1, 0.15) is 27.3 Å². The van der Waals surface area contributed by atoms with E-state index in [1.807, 2.05) is 54.0 Å². The second-order valence-electron chi connectivity index (χ2n) is 7.12. The minimum Gasteiger partial charge on any atom is -0.352 e. The second kappa shape index (κ2) is 8.67. The molecule has 0 unspecified atom stereocenters. The molecule has 0 saturated carbocycles. The zero-order valence-electron chi connectivity index (χ0n) is 16.5. The van der Waals surface area contributed by atoms with E-state index in [-0.39, 0.29) is 18.3 Å². The standard InChI is InChI=1S/C24H21ClFN3O/c1-16-7-2-3-8-17(16)24(30)27-14-13-23-28-21-11-4-5-12-22(21)29(23)15-18-19(25)9-6-10-20(18)26/h2-12H,13-15H2,1H3,(H,27,30). The van der Waals surface area contributed by atoms with Crippen molar-refractivity contribution in [1.29, 1.82) is 0 Å². The Morgan fingerprint density at radius 2 is 1.83 bits per heavy atom. The molecular weight excluding hydrogens is 401 g/mol. The van der Waals surface area contributed by atoms with Gasteiger partial charge in [0.1, 0.15) is 11.6 Å². The first kappa shape index (κ1) is 20.1. The molecule has 30 heavy (non-hydrogen) atoms. The van der Waals surface area contributed by atoms with E-state index in [1.165, 1.54) is 6.07 Å². The van der Waals surface area contributed by atoms with Crippen LogP contribution < -0.4 is 5.32 Å². The largest absolute Gasteiger partial charge is 0.352 e. The molecule has 1 heterocycles. The zero-order valence-corrected chi connectivity index (χ0v) is 17.3. The summed E-state index contributed by atoms with van der Waals surface area (Å²) < 4.78 is 16.3. The summed E-state index contributed by atoms with van der Waals surface area (Å²) in [7, 11) is 0. The highest BCUT2D eigenvalue weighted by Gasteiger charge is 2.15. The fourth-order valence-corrected chi connectivity index (χ4v) is 3.77. The van der Waals surface area contributed by atoms with E-state index in [0.717, 1.165) is 22.4 Å². The summed E-state index contributed by atoms with van der Waals surface area (Å²) in [5.74, 6) is 0.299. The Hall–Kier alpha value is -3.18. The number of benzene rings is 3. The number of hydrogen-bond acceptors (Lipinski definition) is 2. The number of hydrogen-bond donors (Lipinski definition) is 1. The van der Waals surface area contributed by atoms with Crippen LogP contribution in [0.25, 0.3) is 11.0 Å². The highest BCUT2D eigenvalue weighted by atomic mass is 35.5. The van der Waals surface area contributed by atoms with Crippen LogP contribution in [-0.2, 0) is 13.0 Å². The molecule has 6 heteroatoms. The molecule has 0 saturated heterocycles. The van der Waals surface area contributed by atoms with Gasteiger partial charge in [0.2, 0.25) is 0 Å². The molecule has 4 nitrogen and oxygen atoms in total. The number of carbonyl (C=O) groups excluding carboxylic acids is 1. The average Bonchev–Trinajstić information content (AvgIpc) is 3.08. The van der Waals surface area contributed by atoms with Gasteiger partial charge in [-0.3, -0.25) is 4.79 Å².